The average Bonchev–Trinajstić information content (AvgIpc) is 1.74. The maximum absolute atomic E-state index is 14.8. The number of ketones is 3. The highest BCUT2D eigenvalue weighted by Crippen LogP contribution is 2.39. The molecule has 129 heavy (non-hydrogen) atoms. The summed E-state index contributed by atoms with van der Waals surface area (Å²) < 4.78 is 84.2. The van der Waals surface area contributed by atoms with Crippen LogP contribution in [-0.4, -0.2) is 308 Å². The first-order valence-corrected chi connectivity index (χ1v) is 45.8. The third-order valence-corrected chi connectivity index (χ3v) is 24.1. The molecule has 5 aromatic heterocycles. The Hall–Kier alpha value is -8.77. The molecule has 8 heterocycles. The van der Waals surface area contributed by atoms with Crippen LogP contribution in [0.4, 0.5) is 10.6 Å². The zero-order chi connectivity index (χ0) is 92.5. The topological polar surface area (TPSA) is 471 Å². The molecule has 3 amide bonds. The number of pyridine rings is 1. The molecule has 9 rings (SSSR count). The molecule has 1 aliphatic carbocycles. The van der Waals surface area contributed by atoms with E-state index in [0.717, 1.165) is 52.9 Å². The summed E-state index contributed by atoms with van der Waals surface area (Å²) in [6, 6.07) is 1.11. The molecule has 1 saturated carbocycles. The quantitative estimate of drug-likeness (QED) is 0.00853. The Kier molecular flexibility index (Phi) is 44.8. The van der Waals surface area contributed by atoms with Gasteiger partial charge in [-0.15, -0.1) is 5.10 Å². The maximum Gasteiger partial charge on any atom is 0.407 e. The molecule has 716 valence electrons. The third kappa shape index (κ3) is 33.2. The number of ether oxygens (including phenoxy) is 14. The zero-order valence-corrected chi connectivity index (χ0v) is 76.7. The van der Waals surface area contributed by atoms with Gasteiger partial charge < -0.3 is 109 Å². The van der Waals surface area contributed by atoms with Gasteiger partial charge in [0.15, 0.2) is 11.4 Å². The molecule has 3 fully saturated rings. The van der Waals surface area contributed by atoms with Crippen LogP contribution in [0.5, 0.6) is 0 Å². The van der Waals surface area contributed by atoms with Gasteiger partial charge in [-0.1, -0.05) is 74.9 Å². The molecule has 0 radical (unpaired) electrons. The number of nitrogen functional groups attached to an aromatic ring is 1. The highest BCUT2D eigenvalue weighted by atomic mass is 16.6. The lowest BCUT2D eigenvalue weighted by atomic mass is 9.80. The fourth-order valence-electron chi connectivity index (χ4n) is 16.5. The van der Waals surface area contributed by atoms with Crippen molar-refractivity contribution in [2.45, 2.75) is 231 Å². The molecule has 0 unspecified atom stereocenters. The summed E-state index contributed by atoms with van der Waals surface area (Å²) in [4.78, 5) is 115. The van der Waals surface area contributed by atoms with E-state index in [-0.39, 0.29) is 73.7 Å². The SMILES string of the molecule is COC(=O)N[C@H]1C[C@@H]2CC[C@@H](C)[C@@](O)(O2)C(=O)C(=O)N2CCCC[C@H]2C(=O)O[C@H]([C@H](N)C[C@@H]2CC[C@@H](OCCCCc3cn(CCOCCOCCOCCOCCOCCOCCOCCOCCC(=O)NCCCCn4nc(-c5cnc6[nH]ccc6c5)c5c(N)ncnc54)nn3)[C@H](OC)C2)CC(=O)[C@H](C)/C=C(\C)[C@@H](O)[C@@H](OC)C(=O)[C@H](C)C[C@H](C)/C=C/C=CC=C1C. The monoisotopic (exact) mass is 1810 g/mol. The minimum atomic E-state index is -2.58. The van der Waals surface area contributed by atoms with Gasteiger partial charge in [0.1, 0.15) is 53.6 Å². The second-order valence-electron chi connectivity index (χ2n) is 33.9. The Balaban J connectivity index is 0.597. The number of methoxy groups -OCH3 is 3. The number of hydrogen-bond donors (Lipinski definition) is 7. The van der Waals surface area contributed by atoms with Crippen LogP contribution in [0.25, 0.3) is 33.3 Å². The number of anilines is 1. The van der Waals surface area contributed by atoms with Crippen molar-refractivity contribution in [2.75, 3.05) is 152 Å². The van der Waals surface area contributed by atoms with Gasteiger partial charge in [-0.05, 0) is 146 Å². The van der Waals surface area contributed by atoms with E-state index >= 15 is 0 Å². The minimum Gasteiger partial charge on any atom is -0.459 e. The van der Waals surface area contributed by atoms with Crippen LogP contribution in [0.1, 0.15) is 156 Å². The van der Waals surface area contributed by atoms with Crippen molar-refractivity contribution in [3.05, 3.63) is 90.3 Å². The number of fused-ring (bicyclic) bond motifs is 5. The number of cyclic esters (lactones) is 1. The van der Waals surface area contributed by atoms with Crippen molar-refractivity contribution in [2.24, 2.45) is 35.3 Å². The number of aliphatic hydroxyl groups excluding tert-OH is 1. The average molecular weight is 1810 g/mol. The number of aromatic amines is 1. The number of H-pyrrole nitrogens is 1. The molecule has 37 heteroatoms. The van der Waals surface area contributed by atoms with E-state index in [2.05, 4.69) is 40.9 Å². The summed E-state index contributed by atoms with van der Waals surface area (Å²) >= 11 is 0. The van der Waals surface area contributed by atoms with Crippen LogP contribution in [0.15, 0.2) is 84.7 Å². The first-order valence-electron chi connectivity index (χ1n) is 45.8. The van der Waals surface area contributed by atoms with Gasteiger partial charge in [-0.25, -0.2) is 33.9 Å². The number of allylic oxidation sites excluding steroid dienone is 6. The van der Waals surface area contributed by atoms with Crippen molar-refractivity contribution in [3.63, 3.8) is 0 Å². The number of nitrogens with zero attached hydrogens (tertiary/aromatic N) is 9. The number of carbonyl (C=O) groups is 7. The van der Waals surface area contributed by atoms with Crippen LogP contribution in [0, 0.1) is 29.6 Å². The maximum atomic E-state index is 14.8. The third-order valence-electron chi connectivity index (χ3n) is 24.1. The molecule has 4 aliphatic rings. The van der Waals surface area contributed by atoms with Gasteiger partial charge in [-0.2, -0.15) is 5.10 Å². The summed E-state index contributed by atoms with van der Waals surface area (Å²) in [5.41, 5.74) is 18.2. The molecule has 2 saturated heterocycles. The molecule has 0 spiro atoms. The van der Waals surface area contributed by atoms with E-state index in [1.165, 1.54) is 20.5 Å². The number of unbranched alkanes of at least 4 members (excludes halogenated alkanes) is 2. The first-order chi connectivity index (χ1) is 62.4. The van der Waals surface area contributed by atoms with Crippen LogP contribution < -0.4 is 22.1 Å². The lowest BCUT2D eigenvalue weighted by molar-refractivity contribution is -0.264. The van der Waals surface area contributed by atoms with Crippen LogP contribution in [-0.2, 0) is 115 Å². The molecule has 0 aromatic carbocycles. The van der Waals surface area contributed by atoms with E-state index in [1.807, 2.05) is 48.3 Å². The van der Waals surface area contributed by atoms with Gasteiger partial charge in [0.05, 0.1) is 155 Å². The number of rotatable bonds is 45. The van der Waals surface area contributed by atoms with Gasteiger partial charge >= 0.3 is 12.1 Å². The van der Waals surface area contributed by atoms with Crippen molar-refractivity contribution in [1.82, 2.24) is 60.2 Å². The highest BCUT2D eigenvalue weighted by Gasteiger charge is 2.53. The summed E-state index contributed by atoms with van der Waals surface area (Å²) in [7, 11) is 4.23. The number of aryl methyl sites for hydroxylation is 2. The number of nitrogens with one attached hydrogen (secondary N) is 3. The summed E-state index contributed by atoms with van der Waals surface area (Å²) in [6.07, 6.45) is 20.1. The summed E-state index contributed by atoms with van der Waals surface area (Å²) in [5, 5.41) is 44.8. The lowest BCUT2D eigenvalue weighted by Gasteiger charge is -2.43. The number of piperidine rings is 1. The van der Waals surface area contributed by atoms with Crippen molar-refractivity contribution in [1.29, 1.82) is 0 Å². The van der Waals surface area contributed by atoms with Gasteiger partial charge in [0.25, 0.3) is 11.7 Å². The number of aromatic nitrogens is 9. The predicted molar refractivity (Wildman–Crippen MR) is 477 cm³/mol. The first kappa shape index (κ1) is 104. The molecule has 2 bridgehead atoms. The largest absolute Gasteiger partial charge is 0.459 e. The standard InChI is InChI=1S/C92H140N14O23/c1-61-19-11-10-12-20-62(2)73(100-91(114)118-9)56-71-25-23-66(6)92(115,129-71)85(111)89(112)105-31-16-13-22-74(105)90(113)128-77(57-75(107)63(3)52-65(5)83(110)84(117-8)82(109)64(4)51-61)72(93)53-67-24-26-76(78(54-67)116-7)127-34-18-14-21-70-59-104(103-101-70)33-36-120-38-40-122-42-44-124-46-48-126-50-49-125-47-45-123-43-41-121-39-37-119-35-28-79(108)95-29-15-17-32-106-88-80(86(94)98-60-99-88)81(102-106)69-55-68-27-30-96-87(68)97-58-69/h10-12,19-20,27,30,52,55,58-61,63-64,66-67,71-74,76-78,83-84,110,115H,13-18,21-26,28-29,31-51,53-54,56-57,93H2,1-9H3,(H,95,108)(H,96,97)(H,100,114)(H2,94,98,99)/b12-10?,19-11+,62-20?,65-52+/t61-,63-,64-,66-,67+,71+,72-,73+,74+,76-,77+,78-,83-,84+,92-/m1/s1. The van der Waals surface area contributed by atoms with Gasteiger partial charge in [-0.3, -0.25) is 24.0 Å². The van der Waals surface area contributed by atoms with Gasteiger partial charge in [0, 0.05) is 107 Å². The van der Waals surface area contributed by atoms with E-state index in [1.54, 1.807) is 76.9 Å². The van der Waals surface area contributed by atoms with Crippen LogP contribution in [0.3, 0.4) is 0 Å². The van der Waals surface area contributed by atoms with E-state index in [9.17, 15) is 43.8 Å². The summed E-state index contributed by atoms with van der Waals surface area (Å²) in [5.74, 6) is -8.52. The molecule has 5 aromatic rings. The Labute approximate surface area is 756 Å². The molecule has 3 aliphatic heterocycles. The van der Waals surface area contributed by atoms with E-state index < -0.39 is 89.8 Å². The second kappa shape index (κ2) is 55.5. The number of alkyl carbamates (subject to hydrolysis) is 1. The molecule has 37 nitrogen and oxygen atoms in total. The predicted octanol–water partition coefficient (Wildman–Crippen LogP) is 7.60. The number of aliphatic hydroxyl groups is 2. The van der Waals surface area contributed by atoms with E-state index in [0.29, 0.717) is 230 Å². The number of esters is 1. The number of nitrogens with two attached hydrogens (primary N) is 2. The number of amides is 3. The molecule has 9 N–H and O–H groups in total. The zero-order valence-electron chi connectivity index (χ0n) is 76.7. The Morgan fingerprint density at radius 3 is 2.11 bits per heavy atom. The number of carbonyl (C=O) groups excluding carboxylic acids is 7. The lowest BCUT2D eigenvalue weighted by Crippen LogP contribution is -2.61. The van der Waals surface area contributed by atoms with Gasteiger partial charge in [0.2, 0.25) is 11.7 Å². The Bertz CT molecular complexity index is 4400. The van der Waals surface area contributed by atoms with Crippen molar-refractivity contribution in [3.8, 4) is 11.3 Å². The minimum absolute atomic E-state index is 0.00525. The smallest absolute Gasteiger partial charge is 0.407 e. The molecule has 15 atom stereocenters. The van der Waals surface area contributed by atoms with E-state index in [4.69, 9.17) is 82.9 Å². The molecular weight excluding hydrogens is 1670 g/mol. The second-order valence-corrected chi connectivity index (χ2v) is 33.9. The number of Topliss-reactive ketones (excluding diaryl/α,β-unsaturated/α-hetero) is 3. The highest BCUT2D eigenvalue weighted by molar-refractivity contribution is 6.39. The Morgan fingerprint density at radius 2 is 1.43 bits per heavy atom. The Morgan fingerprint density at radius 1 is 0.736 bits per heavy atom. The normalized spacial score (nSPS) is 25.6. The van der Waals surface area contributed by atoms with Crippen molar-refractivity contribution < 1.29 is 110 Å². The fraction of sp³-hybridized carbons (Fsp3) is 0.685. The van der Waals surface area contributed by atoms with Crippen LogP contribution >= 0.6 is 0 Å². The molecular formula is C92H140N14O23. The van der Waals surface area contributed by atoms with Crippen LogP contribution in [0.2, 0.25) is 0 Å². The fourth-order valence-corrected chi connectivity index (χ4v) is 16.5. The number of hydrogen-bond acceptors (Lipinski definition) is 31. The summed E-state index contributed by atoms with van der Waals surface area (Å²) in [6.45, 7) is 19.2. The van der Waals surface area contributed by atoms with Crippen molar-refractivity contribution >= 4 is 69.1 Å².